The van der Waals surface area contributed by atoms with Gasteiger partial charge in [0.1, 0.15) is 5.75 Å². The van der Waals surface area contributed by atoms with Crippen molar-refractivity contribution in [2.75, 3.05) is 39.0 Å². The zero-order chi connectivity index (χ0) is 17.4. The van der Waals surface area contributed by atoms with Crippen molar-refractivity contribution in [3.05, 3.63) is 29.8 Å². The summed E-state index contributed by atoms with van der Waals surface area (Å²) in [5, 5.41) is 14.4. The molecule has 1 saturated heterocycles. The number of nitrogens with one attached hydrogen (secondary N) is 1. The van der Waals surface area contributed by atoms with Crippen molar-refractivity contribution < 1.29 is 9.84 Å². The van der Waals surface area contributed by atoms with Crippen LogP contribution in [0.1, 0.15) is 31.9 Å². The number of hydrogen-bond acceptors (Lipinski definition) is 4. The molecule has 0 amide bonds. The van der Waals surface area contributed by atoms with Gasteiger partial charge in [-0.25, -0.2) is 0 Å². The van der Waals surface area contributed by atoms with Crippen LogP contribution >= 0.6 is 11.8 Å². The number of guanidine groups is 1. The van der Waals surface area contributed by atoms with Gasteiger partial charge in [0.15, 0.2) is 5.96 Å². The minimum absolute atomic E-state index is 0.356. The monoisotopic (exact) mass is 351 g/mol. The third-order valence-electron chi connectivity index (χ3n) is 4.14. The van der Waals surface area contributed by atoms with Gasteiger partial charge in [0, 0.05) is 30.6 Å². The first-order chi connectivity index (χ1) is 11.7. The van der Waals surface area contributed by atoms with Gasteiger partial charge < -0.3 is 20.1 Å². The van der Waals surface area contributed by atoms with Crippen molar-refractivity contribution in [3.8, 4) is 5.75 Å². The van der Waals surface area contributed by atoms with Gasteiger partial charge in [-0.05, 0) is 31.0 Å². The molecule has 24 heavy (non-hydrogen) atoms. The molecule has 0 radical (unpaired) electrons. The highest BCUT2D eigenvalue weighted by atomic mass is 32.2. The molecule has 1 heterocycles. The summed E-state index contributed by atoms with van der Waals surface area (Å²) < 4.78 is 5.15. The van der Waals surface area contributed by atoms with Crippen molar-refractivity contribution >= 4 is 17.7 Å². The molecule has 1 aliphatic rings. The summed E-state index contributed by atoms with van der Waals surface area (Å²) in [5.41, 5.74) is 0.857. The maximum absolute atomic E-state index is 10.4. The fourth-order valence-corrected chi connectivity index (χ4v) is 3.87. The van der Waals surface area contributed by atoms with Crippen molar-refractivity contribution in [2.45, 2.75) is 31.6 Å². The topological polar surface area (TPSA) is 57.1 Å². The predicted octanol–water partition coefficient (Wildman–Crippen LogP) is 2.52. The van der Waals surface area contributed by atoms with E-state index in [9.17, 15) is 5.11 Å². The van der Waals surface area contributed by atoms with Crippen LogP contribution in [0.15, 0.2) is 29.3 Å². The number of aliphatic hydroxyl groups is 1. The lowest BCUT2D eigenvalue weighted by atomic mass is 10.1. The SMILES string of the molecule is CCNC(=NCC(O)c1ccc(OC)cc1)N1CCSC(CC)C1. The van der Waals surface area contributed by atoms with Crippen LogP contribution < -0.4 is 10.1 Å². The number of ether oxygens (including phenoxy) is 1. The van der Waals surface area contributed by atoms with Crippen LogP contribution in [-0.4, -0.2) is 60.3 Å². The van der Waals surface area contributed by atoms with Gasteiger partial charge in [0.2, 0.25) is 0 Å². The first kappa shape index (κ1) is 18.9. The lowest BCUT2D eigenvalue weighted by Crippen LogP contribution is -2.48. The number of rotatable bonds is 6. The Morgan fingerprint density at radius 3 is 2.79 bits per heavy atom. The predicted molar refractivity (Wildman–Crippen MR) is 102 cm³/mol. The van der Waals surface area contributed by atoms with E-state index in [1.54, 1.807) is 7.11 Å². The Labute approximate surface area is 149 Å². The second-order valence-corrected chi connectivity index (χ2v) is 7.24. The van der Waals surface area contributed by atoms with Gasteiger partial charge in [-0.1, -0.05) is 19.1 Å². The smallest absolute Gasteiger partial charge is 0.194 e. The number of aliphatic hydroxyl groups excluding tert-OH is 1. The van der Waals surface area contributed by atoms with E-state index >= 15 is 0 Å². The number of methoxy groups -OCH3 is 1. The zero-order valence-corrected chi connectivity index (χ0v) is 15.7. The molecule has 2 atom stereocenters. The molecule has 2 rings (SSSR count). The van der Waals surface area contributed by atoms with E-state index in [0.29, 0.717) is 11.8 Å². The summed E-state index contributed by atoms with van der Waals surface area (Å²) in [6.07, 6.45) is 0.570. The highest BCUT2D eigenvalue weighted by molar-refractivity contribution is 8.00. The van der Waals surface area contributed by atoms with E-state index in [1.807, 2.05) is 36.0 Å². The van der Waals surface area contributed by atoms with Crippen molar-refractivity contribution in [1.29, 1.82) is 0 Å². The van der Waals surface area contributed by atoms with E-state index in [-0.39, 0.29) is 0 Å². The first-order valence-electron chi connectivity index (χ1n) is 8.64. The Hall–Kier alpha value is -1.40. The molecule has 0 spiro atoms. The third-order valence-corrected chi connectivity index (χ3v) is 5.52. The average molecular weight is 352 g/mol. The Morgan fingerprint density at radius 1 is 1.42 bits per heavy atom. The summed E-state index contributed by atoms with van der Waals surface area (Å²) in [5.74, 6) is 2.83. The van der Waals surface area contributed by atoms with Gasteiger partial charge in [-0.3, -0.25) is 4.99 Å². The summed E-state index contributed by atoms with van der Waals surface area (Å²) >= 11 is 2.04. The fraction of sp³-hybridized carbons (Fsp3) is 0.611. The minimum Gasteiger partial charge on any atom is -0.497 e. The van der Waals surface area contributed by atoms with Gasteiger partial charge in [0.05, 0.1) is 19.8 Å². The first-order valence-corrected chi connectivity index (χ1v) is 9.69. The summed E-state index contributed by atoms with van der Waals surface area (Å²) in [4.78, 5) is 6.98. The number of nitrogens with zero attached hydrogens (tertiary/aromatic N) is 2. The highest BCUT2D eigenvalue weighted by Crippen LogP contribution is 2.22. The third kappa shape index (κ3) is 5.31. The molecule has 0 saturated carbocycles. The second kappa shape index (κ2) is 9.79. The second-order valence-electron chi connectivity index (χ2n) is 5.83. The van der Waals surface area contributed by atoms with Crippen LogP contribution in [-0.2, 0) is 0 Å². The molecule has 134 valence electrons. The van der Waals surface area contributed by atoms with E-state index in [1.165, 1.54) is 6.42 Å². The van der Waals surface area contributed by atoms with E-state index < -0.39 is 6.10 Å². The van der Waals surface area contributed by atoms with Crippen LogP contribution in [0.2, 0.25) is 0 Å². The van der Waals surface area contributed by atoms with Crippen LogP contribution in [0, 0.1) is 0 Å². The van der Waals surface area contributed by atoms with Gasteiger partial charge in [0.25, 0.3) is 0 Å². The number of thioether (sulfide) groups is 1. The Balaban J connectivity index is 2.01. The van der Waals surface area contributed by atoms with E-state index in [0.717, 1.165) is 42.7 Å². The quantitative estimate of drug-likeness (QED) is 0.609. The zero-order valence-electron chi connectivity index (χ0n) is 14.9. The molecule has 6 heteroatoms. The van der Waals surface area contributed by atoms with Crippen LogP contribution in [0.25, 0.3) is 0 Å². The Kier molecular flexibility index (Phi) is 7.72. The molecule has 5 nitrogen and oxygen atoms in total. The molecule has 1 fully saturated rings. The summed E-state index contributed by atoms with van der Waals surface area (Å²) in [6.45, 7) is 7.52. The molecule has 0 aromatic heterocycles. The molecular weight excluding hydrogens is 322 g/mol. The Bertz CT molecular complexity index is 522. The van der Waals surface area contributed by atoms with Gasteiger partial charge >= 0.3 is 0 Å². The van der Waals surface area contributed by atoms with Gasteiger partial charge in [-0.2, -0.15) is 11.8 Å². The normalized spacial score (nSPS) is 19.9. The molecule has 1 aromatic rings. The number of benzene rings is 1. The maximum Gasteiger partial charge on any atom is 0.194 e. The largest absolute Gasteiger partial charge is 0.497 e. The molecule has 0 aliphatic carbocycles. The van der Waals surface area contributed by atoms with Crippen molar-refractivity contribution in [2.24, 2.45) is 4.99 Å². The molecule has 2 unspecified atom stereocenters. The lowest BCUT2D eigenvalue weighted by Gasteiger charge is -2.34. The van der Waals surface area contributed by atoms with E-state index in [2.05, 4.69) is 29.1 Å². The summed E-state index contributed by atoms with van der Waals surface area (Å²) in [6, 6.07) is 7.50. The van der Waals surface area contributed by atoms with Gasteiger partial charge in [-0.15, -0.1) is 0 Å². The fourth-order valence-electron chi connectivity index (χ4n) is 2.69. The molecule has 0 bridgehead atoms. The standard InChI is InChI=1S/C18H29N3O2S/c1-4-16-13-21(10-11-24-16)18(19-5-2)20-12-17(22)14-6-8-15(23-3)9-7-14/h6-9,16-17,22H,4-5,10-13H2,1-3H3,(H,19,20). The average Bonchev–Trinajstić information content (AvgIpc) is 2.65. The van der Waals surface area contributed by atoms with Crippen LogP contribution in [0.4, 0.5) is 0 Å². The van der Waals surface area contributed by atoms with Crippen molar-refractivity contribution in [1.82, 2.24) is 10.2 Å². The molecule has 1 aromatic carbocycles. The Morgan fingerprint density at radius 2 is 2.17 bits per heavy atom. The van der Waals surface area contributed by atoms with Crippen molar-refractivity contribution in [3.63, 3.8) is 0 Å². The minimum atomic E-state index is -0.606. The maximum atomic E-state index is 10.4. The molecule has 2 N–H and O–H groups in total. The lowest BCUT2D eigenvalue weighted by molar-refractivity contribution is 0.186. The highest BCUT2D eigenvalue weighted by Gasteiger charge is 2.21. The van der Waals surface area contributed by atoms with E-state index in [4.69, 9.17) is 4.74 Å². The molecule has 1 aliphatic heterocycles. The number of hydrogen-bond donors (Lipinski definition) is 2. The number of aliphatic imine (C=N–C) groups is 1. The van der Waals surface area contributed by atoms with Crippen LogP contribution in [0.3, 0.4) is 0 Å². The van der Waals surface area contributed by atoms with Crippen LogP contribution in [0.5, 0.6) is 5.75 Å². The summed E-state index contributed by atoms with van der Waals surface area (Å²) in [7, 11) is 1.64. The molecular formula is C18H29N3O2S.